The first kappa shape index (κ1) is 27.2. The quantitative estimate of drug-likeness (QED) is 0.378. The Morgan fingerprint density at radius 2 is 1.75 bits per heavy atom. The van der Waals surface area contributed by atoms with Crippen LogP contribution >= 0.6 is 0 Å². The summed E-state index contributed by atoms with van der Waals surface area (Å²) in [4.78, 5) is 40.1. The zero-order valence-electron chi connectivity index (χ0n) is 20.4. The van der Waals surface area contributed by atoms with E-state index in [1.165, 1.54) is 23.1 Å². The number of carbonyl (C=O) groups excluding carboxylic acids is 3. The number of amides is 3. The van der Waals surface area contributed by atoms with E-state index in [2.05, 4.69) is 10.6 Å². The molecule has 194 valence electrons. The summed E-state index contributed by atoms with van der Waals surface area (Å²) in [6.07, 6.45) is 1.01. The standard InChI is InChI=1S/C25H31N3O7S/c1-25(2,3)35-23(30)21-13-12-20(18-9-5-4-6-10-18)28(21)22(29)15-26-24(31)27-19-11-7-8-17(14-19)16-36(32,33)34/h4-11,14,20-21H,12-13,15-16H2,1-3H3,(H2,26,27,31)(H,32,33,34)/t20-,21+/m1/s1. The molecule has 0 aromatic heterocycles. The van der Waals surface area contributed by atoms with Gasteiger partial charge in [-0.15, -0.1) is 0 Å². The second-order valence-electron chi connectivity index (χ2n) is 9.59. The zero-order valence-corrected chi connectivity index (χ0v) is 21.2. The summed E-state index contributed by atoms with van der Waals surface area (Å²) in [6.45, 7) is 4.92. The highest BCUT2D eigenvalue weighted by molar-refractivity contribution is 7.85. The Morgan fingerprint density at radius 3 is 2.39 bits per heavy atom. The molecule has 10 nitrogen and oxygen atoms in total. The minimum atomic E-state index is -4.22. The maximum atomic E-state index is 13.3. The molecule has 1 saturated heterocycles. The molecular weight excluding hydrogens is 486 g/mol. The molecule has 3 N–H and O–H groups in total. The summed E-state index contributed by atoms with van der Waals surface area (Å²) < 4.78 is 36.8. The first-order valence-electron chi connectivity index (χ1n) is 11.5. The third-order valence-corrected chi connectivity index (χ3v) is 6.17. The highest BCUT2D eigenvalue weighted by Crippen LogP contribution is 2.37. The van der Waals surface area contributed by atoms with Gasteiger partial charge in [-0.3, -0.25) is 9.35 Å². The van der Waals surface area contributed by atoms with Gasteiger partial charge in [0.15, 0.2) is 0 Å². The minimum Gasteiger partial charge on any atom is -0.458 e. The fourth-order valence-corrected chi connectivity index (χ4v) is 4.74. The van der Waals surface area contributed by atoms with Crippen LogP contribution in [0.3, 0.4) is 0 Å². The topological polar surface area (TPSA) is 142 Å². The summed E-state index contributed by atoms with van der Waals surface area (Å²) in [5.41, 5.74) is 0.751. The van der Waals surface area contributed by atoms with E-state index in [0.717, 1.165) is 5.56 Å². The highest BCUT2D eigenvalue weighted by Gasteiger charge is 2.43. The molecule has 1 fully saturated rings. The summed E-state index contributed by atoms with van der Waals surface area (Å²) in [5, 5.41) is 5.03. The van der Waals surface area contributed by atoms with Crippen LogP contribution in [0.4, 0.5) is 10.5 Å². The van der Waals surface area contributed by atoms with Crippen LogP contribution in [0.2, 0.25) is 0 Å². The van der Waals surface area contributed by atoms with Gasteiger partial charge in [-0.25, -0.2) is 9.59 Å². The van der Waals surface area contributed by atoms with E-state index in [0.29, 0.717) is 12.8 Å². The Kier molecular flexibility index (Phi) is 8.36. The Morgan fingerprint density at radius 1 is 1.06 bits per heavy atom. The van der Waals surface area contributed by atoms with E-state index in [1.807, 2.05) is 30.3 Å². The lowest BCUT2D eigenvalue weighted by molar-refractivity contribution is -0.164. The molecule has 0 saturated carbocycles. The van der Waals surface area contributed by atoms with Crippen LogP contribution in [0, 0.1) is 0 Å². The van der Waals surface area contributed by atoms with Gasteiger partial charge in [-0.2, -0.15) is 8.42 Å². The van der Waals surface area contributed by atoms with E-state index < -0.39 is 45.4 Å². The summed E-state index contributed by atoms with van der Waals surface area (Å²) >= 11 is 0. The largest absolute Gasteiger partial charge is 0.458 e. The van der Waals surface area contributed by atoms with Crippen LogP contribution in [-0.4, -0.2) is 54.0 Å². The SMILES string of the molecule is CC(C)(C)OC(=O)[C@@H]1CC[C@H](c2ccccc2)N1C(=O)CNC(=O)Nc1cccc(CS(=O)(=O)O)c1. The van der Waals surface area contributed by atoms with Crippen molar-refractivity contribution in [2.45, 2.75) is 57.1 Å². The molecule has 11 heteroatoms. The maximum absolute atomic E-state index is 13.3. The van der Waals surface area contributed by atoms with E-state index >= 15 is 0 Å². The number of likely N-dealkylation sites (tertiary alicyclic amines) is 1. The highest BCUT2D eigenvalue weighted by atomic mass is 32.2. The van der Waals surface area contributed by atoms with Crippen LogP contribution in [0.5, 0.6) is 0 Å². The second-order valence-corrected chi connectivity index (χ2v) is 11.0. The molecule has 0 bridgehead atoms. The number of nitrogens with zero attached hydrogens (tertiary/aromatic N) is 1. The number of esters is 1. The van der Waals surface area contributed by atoms with Crippen molar-refractivity contribution in [2.24, 2.45) is 0 Å². The molecular formula is C25H31N3O7S. The van der Waals surface area contributed by atoms with E-state index in [9.17, 15) is 22.8 Å². The van der Waals surface area contributed by atoms with Gasteiger partial charge in [0, 0.05) is 5.69 Å². The summed E-state index contributed by atoms with van der Waals surface area (Å²) in [7, 11) is -4.22. The van der Waals surface area contributed by atoms with Crippen LogP contribution in [-0.2, 0) is 30.2 Å². The average Bonchev–Trinajstić information content (AvgIpc) is 3.21. The van der Waals surface area contributed by atoms with Gasteiger partial charge in [-0.05, 0) is 56.9 Å². The first-order chi connectivity index (χ1) is 16.8. The Bertz CT molecular complexity index is 1210. The molecule has 0 unspecified atom stereocenters. The molecule has 0 aliphatic carbocycles. The molecule has 0 spiro atoms. The van der Waals surface area contributed by atoms with E-state index in [1.54, 1.807) is 26.8 Å². The number of hydrogen-bond donors (Lipinski definition) is 3. The lowest BCUT2D eigenvalue weighted by Crippen LogP contribution is -2.48. The Labute approximate surface area is 210 Å². The zero-order chi connectivity index (χ0) is 26.5. The molecule has 36 heavy (non-hydrogen) atoms. The van der Waals surface area contributed by atoms with E-state index in [-0.39, 0.29) is 23.8 Å². The maximum Gasteiger partial charge on any atom is 0.329 e. The van der Waals surface area contributed by atoms with Crippen molar-refractivity contribution >= 4 is 33.7 Å². The van der Waals surface area contributed by atoms with Gasteiger partial charge in [-0.1, -0.05) is 42.5 Å². The molecule has 2 atom stereocenters. The van der Waals surface area contributed by atoms with Crippen molar-refractivity contribution in [3.05, 3.63) is 65.7 Å². The number of hydrogen-bond acceptors (Lipinski definition) is 6. The summed E-state index contributed by atoms with van der Waals surface area (Å²) in [6, 6.07) is 13.5. The van der Waals surface area contributed by atoms with E-state index in [4.69, 9.17) is 9.29 Å². The monoisotopic (exact) mass is 517 g/mol. The summed E-state index contributed by atoms with van der Waals surface area (Å²) in [5.74, 6) is -1.52. The van der Waals surface area contributed by atoms with Crippen molar-refractivity contribution in [2.75, 3.05) is 11.9 Å². The number of ether oxygens (including phenoxy) is 1. The van der Waals surface area contributed by atoms with Gasteiger partial charge < -0.3 is 20.3 Å². The molecule has 3 amide bonds. The van der Waals surface area contributed by atoms with Gasteiger partial charge >= 0.3 is 12.0 Å². The van der Waals surface area contributed by atoms with Gasteiger partial charge in [0.1, 0.15) is 17.4 Å². The second kappa shape index (κ2) is 11.1. The molecule has 3 rings (SSSR count). The smallest absolute Gasteiger partial charge is 0.329 e. The number of nitrogens with one attached hydrogen (secondary N) is 2. The predicted molar refractivity (Wildman–Crippen MR) is 134 cm³/mol. The number of rotatable bonds is 7. The molecule has 2 aromatic rings. The number of benzene rings is 2. The van der Waals surface area contributed by atoms with Crippen LogP contribution in [0.25, 0.3) is 0 Å². The fourth-order valence-electron chi connectivity index (χ4n) is 4.13. The lowest BCUT2D eigenvalue weighted by atomic mass is 10.0. The van der Waals surface area contributed by atoms with Crippen molar-refractivity contribution in [3.8, 4) is 0 Å². The third-order valence-electron chi connectivity index (χ3n) is 5.47. The van der Waals surface area contributed by atoms with Crippen LogP contribution in [0.1, 0.15) is 50.8 Å². The molecule has 0 radical (unpaired) electrons. The molecule has 2 aromatic carbocycles. The number of urea groups is 1. The molecule has 1 aliphatic heterocycles. The van der Waals surface area contributed by atoms with Crippen LogP contribution in [0.15, 0.2) is 54.6 Å². The Hall–Kier alpha value is -3.44. The van der Waals surface area contributed by atoms with Gasteiger partial charge in [0.25, 0.3) is 10.1 Å². The Balaban J connectivity index is 1.69. The van der Waals surface area contributed by atoms with Gasteiger partial charge in [0.05, 0.1) is 12.6 Å². The van der Waals surface area contributed by atoms with Crippen molar-refractivity contribution in [3.63, 3.8) is 0 Å². The van der Waals surface area contributed by atoms with Crippen molar-refractivity contribution < 1.29 is 32.1 Å². The number of carbonyl (C=O) groups is 3. The fraction of sp³-hybridized carbons (Fsp3) is 0.400. The number of anilines is 1. The van der Waals surface area contributed by atoms with Crippen molar-refractivity contribution in [1.82, 2.24) is 10.2 Å². The minimum absolute atomic E-state index is 0.286. The average molecular weight is 518 g/mol. The molecule has 1 aliphatic rings. The van der Waals surface area contributed by atoms with Crippen molar-refractivity contribution in [1.29, 1.82) is 0 Å². The first-order valence-corrected chi connectivity index (χ1v) is 13.1. The third kappa shape index (κ3) is 7.79. The lowest BCUT2D eigenvalue weighted by Gasteiger charge is -2.31. The normalized spacial score (nSPS) is 17.9. The van der Waals surface area contributed by atoms with Gasteiger partial charge in [0.2, 0.25) is 5.91 Å². The van der Waals surface area contributed by atoms with Crippen LogP contribution < -0.4 is 10.6 Å². The predicted octanol–water partition coefficient (Wildman–Crippen LogP) is 3.27. The molecule has 1 heterocycles.